The molecule has 0 saturated heterocycles. The number of carbonyl (C=O) groups is 4. The Hall–Kier alpha value is -2.12. The number of unbranched alkanes of at least 4 members (excludes halogenated alkanes) is 15. The number of carbonyl (C=O) groups excluding carboxylic acids is 4. The highest BCUT2D eigenvalue weighted by Gasteiger charge is 2.14. The summed E-state index contributed by atoms with van der Waals surface area (Å²) in [6.07, 6.45) is 23.3. The average Bonchev–Trinajstić information content (AvgIpc) is 3.14. The molecule has 0 saturated carbocycles. The third-order valence-corrected chi connectivity index (χ3v) is 9.10. The molecule has 4 N–H and O–H groups in total. The predicted molar refractivity (Wildman–Crippen MR) is 218 cm³/mol. The van der Waals surface area contributed by atoms with Crippen LogP contribution in [0.5, 0.6) is 0 Å². The SMILES string of the molecule is CCCCCCCCCCCCCCCCCC(=O)NCCOCCOCCC(=O)NCCOCCOCCC(=O)NCCCCC(NC(C)C)C(C)=O. The van der Waals surface area contributed by atoms with Crippen molar-refractivity contribution in [3.8, 4) is 0 Å². The minimum Gasteiger partial charge on any atom is -0.379 e. The van der Waals surface area contributed by atoms with Gasteiger partial charge < -0.3 is 40.2 Å². The van der Waals surface area contributed by atoms with Crippen LogP contribution in [0.2, 0.25) is 0 Å². The van der Waals surface area contributed by atoms with Gasteiger partial charge in [0.2, 0.25) is 17.7 Å². The van der Waals surface area contributed by atoms with Crippen molar-refractivity contribution in [3.05, 3.63) is 0 Å². The quantitative estimate of drug-likeness (QED) is 0.0505. The number of amides is 3. The summed E-state index contributed by atoms with van der Waals surface area (Å²) >= 11 is 0. The lowest BCUT2D eigenvalue weighted by atomic mass is 10.0. The van der Waals surface area contributed by atoms with E-state index in [-0.39, 0.29) is 48.4 Å². The van der Waals surface area contributed by atoms with Crippen LogP contribution in [-0.4, -0.2) is 108 Å². The molecule has 0 radical (unpaired) electrons. The molecule has 0 bridgehead atoms. The van der Waals surface area contributed by atoms with E-state index in [0.717, 1.165) is 32.1 Å². The summed E-state index contributed by atoms with van der Waals surface area (Å²) < 4.78 is 21.9. The fraction of sp³-hybridized carbons (Fsp3) is 0.905. The van der Waals surface area contributed by atoms with Crippen molar-refractivity contribution in [2.75, 3.05) is 72.5 Å². The number of rotatable bonds is 42. The molecule has 0 fully saturated rings. The van der Waals surface area contributed by atoms with Crippen LogP contribution in [0, 0.1) is 0 Å². The van der Waals surface area contributed by atoms with Crippen LogP contribution in [-0.2, 0) is 38.1 Å². The standard InChI is InChI=1S/C42H82N4O8/c1-5-6-7-8-9-10-11-12-13-14-15-16-17-18-19-23-40(48)44-27-31-53-35-34-52-30-25-42(50)45-28-32-54-36-33-51-29-24-41(49)43-26-21-20-22-39(38(4)47)46-37(2)3/h37,39,46H,5-36H2,1-4H3,(H,43,49)(H,44,48)(H,45,50). The molecule has 318 valence electrons. The summed E-state index contributed by atoms with van der Waals surface area (Å²) in [5.74, 6) is 0.0723. The van der Waals surface area contributed by atoms with E-state index in [9.17, 15) is 19.2 Å². The van der Waals surface area contributed by atoms with Crippen molar-refractivity contribution < 1.29 is 38.1 Å². The van der Waals surface area contributed by atoms with Gasteiger partial charge in [-0.05, 0) is 32.6 Å². The first-order chi connectivity index (χ1) is 26.3. The van der Waals surface area contributed by atoms with Gasteiger partial charge in [-0.1, -0.05) is 111 Å². The first-order valence-electron chi connectivity index (χ1n) is 21.6. The normalized spacial score (nSPS) is 11.9. The predicted octanol–water partition coefficient (Wildman–Crippen LogP) is 6.57. The van der Waals surface area contributed by atoms with Gasteiger partial charge in [0.25, 0.3) is 0 Å². The van der Waals surface area contributed by atoms with Gasteiger partial charge in [-0.3, -0.25) is 19.2 Å². The van der Waals surface area contributed by atoms with Gasteiger partial charge in [0, 0.05) is 44.9 Å². The Balaban J connectivity index is 3.37. The Kier molecular flexibility index (Phi) is 38.9. The van der Waals surface area contributed by atoms with Crippen molar-refractivity contribution in [1.29, 1.82) is 0 Å². The molecule has 0 aromatic rings. The average molecular weight is 771 g/mol. The zero-order valence-corrected chi connectivity index (χ0v) is 35.0. The summed E-state index contributed by atoms with van der Waals surface area (Å²) in [5.41, 5.74) is 0. The van der Waals surface area contributed by atoms with Crippen molar-refractivity contribution in [2.45, 2.75) is 175 Å². The first kappa shape index (κ1) is 51.9. The molecule has 0 aliphatic rings. The van der Waals surface area contributed by atoms with Crippen LogP contribution in [0.25, 0.3) is 0 Å². The van der Waals surface area contributed by atoms with Gasteiger partial charge in [-0.15, -0.1) is 0 Å². The van der Waals surface area contributed by atoms with E-state index in [1.807, 2.05) is 13.8 Å². The minimum absolute atomic E-state index is 0.0559. The molecule has 3 amide bonds. The number of nitrogens with one attached hydrogen (secondary N) is 4. The van der Waals surface area contributed by atoms with Crippen LogP contribution < -0.4 is 21.3 Å². The van der Waals surface area contributed by atoms with Crippen LogP contribution >= 0.6 is 0 Å². The van der Waals surface area contributed by atoms with Gasteiger partial charge in [0.15, 0.2) is 0 Å². The third kappa shape index (κ3) is 39.6. The van der Waals surface area contributed by atoms with E-state index >= 15 is 0 Å². The van der Waals surface area contributed by atoms with Gasteiger partial charge in [0.05, 0.1) is 58.9 Å². The number of Topliss-reactive ketones (excluding diaryl/α,β-unsaturated/α-hetero) is 1. The van der Waals surface area contributed by atoms with E-state index in [0.29, 0.717) is 78.9 Å². The summed E-state index contributed by atoms with van der Waals surface area (Å²) in [4.78, 5) is 47.6. The summed E-state index contributed by atoms with van der Waals surface area (Å²) in [6, 6.07) is 0.136. The fourth-order valence-corrected chi connectivity index (χ4v) is 5.93. The molecule has 1 unspecified atom stereocenters. The van der Waals surface area contributed by atoms with Crippen molar-refractivity contribution in [1.82, 2.24) is 21.3 Å². The summed E-state index contributed by atoms with van der Waals surface area (Å²) in [7, 11) is 0. The number of hydrogen-bond acceptors (Lipinski definition) is 9. The van der Waals surface area contributed by atoms with Crippen LogP contribution in [0.3, 0.4) is 0 Å². The van der Waals surface area contributed by atoms with Crippen LogP contribution in [0.1, 0.15) is 163 Å². The largest absolute Gasteiger partial charge is 0.379 e. The smallest absolute Gasteiger partial charge is 0.222 e. The Morgan fingerprint density at radius 1 is 0.444 bits per heavy atom. The maximum atomic E-state index is 12.0. The van der Waals surface area contributed by atoms with Crippen molar-refractivity contribution >= 4 is 23.5 Å². The summed E-state index contributed by atoms with van der Waals surface area (Å²) in [6.45, 7) is 12.4. The fourth-order valence-electron chi connectivity index (χ4n) is 5.93. The maximum Gasteiger partial charge on any atom is 0.222 e. The second-order valence-corrected chi connectivity index (χ2v) is 14.7. The Morgan fingerprint density at radius 3 is 1.26 bits per heavy atom. The number of hydrogen-bond donors (Lipinski definition) is 4. The third-order valence-electron chi connectivity index (χ3n) is 9.10. The highest BCUT2D eigenvalue weighted by Crippen LogP contribution is 2.13. The second-order valence-electron chi connectivity index (χ2n) is 14.7. The van der Waals surface area contributed by atoms with Crippen molar-refractivity contribution in [3.63, 3.8) is 0 Å². The Bertz CT molecular complexity index is 892. The molecular formula is C42H82N4O8. The van der Waals surface area contributed by atoms with E-state index in [1.54, 1.807) is 6.92 Å². The van der Waals surface area contributed by atoms with Gasteiger partial charge in [0.1, 0.15) is 5.78 Å². The lowest BCUT2D eigenvalue weighted by molar-refractivity contribution is -0.123. The summed E-state index contributed by atoms with van der Waals surface area (Å²) in [5, 5.41) is 11.9. The highest BCUT2D eigenvalue weighted by molar-refractivity contribution is 5.81. The minimum atomic E-state index is -0.124. The molecule has 1 atom stereocenters. The van der Waals surface area contributed by atoms with E-state index in [1.165, 1.54) is 83.5 Å². The van der Waals surface area contributed by atoms with E-state index in [2.05, 4.69) is 28.2 Å². The van der Waals surface area contributed by atoms with E-state index in [4.69, 9.17) is 18.9 Å². The highest BCUT2D eigenvalue weighted by atomic mass is 16.5. The molecule has 12 heteroatoms. The molecule has 0 rings (SSSR count). The molecule has 0 aliphatic heterocycles. The zero-order chi connectivity index (χ0) is 39.7. The zero-order valence-electron chi connectivity index (χ0n) is 35.0. The van der Waals surface area contributed by atoms with E-state index < -0.39 is 0 Å². The molecule has 12 nitrogen and oxygen atoms in total. The van der Waals surface area contributed by atoms with Gasteiger partial charge in [-0.25, -0.2) is 0 Å². The maximum absolute atomic E-state index is 12.0. The van der Waals surface area contributed by atoms with Crippen molar-refractivity contribution in [2.24, 2.45) is 0 Å². The Morgan fingerprint density at radius 2 is 0.833 bits per heavy atom. The molecule has 54 heavy (non-hydrogen) atoms. The lowest BCUT2D eigenvalue weighted by Crippen LogP contribution is -2.39. The Labute approximate surface area is 329 Å². The monoisotopic (exact) mass is 771 g/mol. The van der Waals surface area contributed by atoms with Gasteiger partial charge >= 0.3 is 0 Å². The van der Waals surface area contributed by atoms with Gasteiger partial charge in [-0.2, -0.15) is 0 Å². The topological polar surface area (TPSA) is 153 Å². The molecule has 0 aromatic carbocycles. The molecular weight excluding hydrogens is 688 g/mol. The van der Waals surface area contributed by atoms with Crippen LogP contribution in [0.15, 0.2) is 0 Å². The molecule has 0 spiro atoms. The van der Waals surface area contributed by atoms with Crippen LogP contribution in [0.4, 0.5) is 0 Å². The second kappa shape index (κ2) is 40.5. The first-order valence-corrected chi connectivity index (χ1v) is 21.6. The number of ketones is 1. The molecule has 0 aliphatic carbocycles. The lowest BCUT2D eigenvalue weighted by Gasteiger charge is -2.18. The molecule has 0 heterocycles. The molecule has 0 aromatic heterocycles. The number of ether oxygens (including phenoxy) is 4.